The molecule has 0 bridgehead atoms. The fourth-order valence-electron chi connectivity index (χ4n) is 2.98. The number of rotatable bonds is 6. The van der Waals surface area contributed by atoms with Crippen LogP contribution in [0.4, 0.5) is 0 Å². The van der Waals surface area contributed by atoms with Crippen LogP contribution in [0.3, 0.4) is 0 Å². The second kappa shape index (κ2) is 9.50. The lowest BCUT2D eigenvalue weighted by Gasteiger charge is -2.34. The van der Waals surface area contributed by atoms with Crippen molar-refractivity contribution >= 4 is 23.7 Å². The van der Waals surface area contributed by atoms with E-state index in [1.807, 2.05) is 24.3 Å². The van der Waals surface area contributed by atoms with E-state index in [2.05, 4.69) is 20.3 Å². The first-order valence-corrected chi connectivity index (χ1v) is 9.27. The minimum absolute atomic E-state index is 0.130. The van der Waals surface area contributed by atoms with Gasteiger partial charge in [0.15, 0.2) is 0 Å². The van der Waals surface area contributed by atoms with Crippen LogP contribution in [0.5, 0.6) is 5.75 Å². The van der Waals surface area contributed by atoms with Crippen molar-refractivity contribution in [1.82, 2.24) is 15.2 Å². The summed E-state index contributed by atoms with van der Waals surface area (Å²) in [6.45, 7) is 4.55. The van der Waals surface area contributed by atoms with Gasteiger partial charge in [-0.2, -0.15) is 5.10 Å². The second-order valence-corrected chi connectivity index (χ2v) is 6.90. The van der Waals surface area contributed by atoms with Gasteiger partial charge in [-0.25, -0.2) is 5.43 Å². The highest BCUT2D eigenvalue weighted by Crippen LogP contribution is 2.17. The highest BCUT2D eigenvalue weighted by molar-refractivity contribution is 6.31. The second-order valence-electron chi connectivity index (χ2n) is 6.50. The molecule has 2 aromatic carbocycles. The molecule has 7 heteroatoms. The van der Waals surface area contributed by atoms with Gasteiger partial charge in [-0.1, -0.05) is 41.9 Å². The van der Waals surface area contributed by atoms with E-state index in [1.165, 1.54) is 6.21 Å². The molecule has 2 N–H and O–H groups in total. The van der Waals surface area contributed by atoms with E-state index in [1.54, 1.807) is 24.3 Å². The molecule has 0 radical (unpaired) electrons. The van der Waals surface area contributed by atoms with Gasteiger partial charge in [-0.05, 0) is 23.8 Å². The van der Waals surface area contributed by atoms with Crippen molar-refractivity contribution < 1.29 is 9.90 Å². The highest BCUT2D eigenvalue weighted by atomic mass is 35.5. The summed E-state index contributed by atoms with van der Waals surface area (Å²) in [6.07, 6.45) is 1.44. The van der Waals surface area contributed by atoms with Crippen LogP contribution in [-0.2, 0) is 11.3 Å². The number of halogens is 1. The van der Waals surface area contributed by atoms with Crippen molar-refractivity contribution in [1.29, 1.82) is 0 Å². The molecule has 2 aromatic rings. The van der Waals surface area contributed by atoms with E-state index < -0.39 is 0 Å². The lowest BCUT2D eigenvalue weighted by atomic mass is 10.2. The van der Waals surface area contributed by atoms with Crippen molar-refractivity contribution in [2.24, 2.45) is 5.10 Å². The SMILES string of the molecule is O=C(CN1CCN(Cc2ccccc2Cl)CC1)NN=Cc1ccccc1O. The van der Waals surface area contributed by atoms with E-state index in [0.717, 1.165) is 43.3 Å². The number of amides is 1. The van der Waals surface area contributed by atoms with Crippen LogP contribution < -0.4 is 5.43 Å². The predicted octanol–water partition coefficient (Wildman–Crippen LogP) is 2.31. The first-order valence-electron chi connectivity index (χ1n) is 8.90. The third kappa shape index (κ3) is 5.79. The van der Waals surface area contributed by atoms with Crippen LogP contribution >= 0.6 is 11.6 Å². The number of benzene rings is 2. The molecule has 0 aliphatic carbocycles. The number of hydrogen-bond donors (Lipinski definition) is 2. The number of para-hydroxylation sites is 1. The third-order valence-corrected chi connectivity index (χ3v) is 4.88. The van der Waals surface area contributed by atoms with Crippen LogP contribution in [0.2, 0.25) is 5.02 Å². The molecular formula is C20H23ClN4O2. The zero-order valence-corrected chi connectivity index (χ0v) is 15.8. The summed E-state index contributed by atoms with van der Waals surface area (Å²) in [5, 5.41) is 14.4. The molecule has 142 valence electrons. The number of nitrogens with zero attached hydrogens (tertiary/aromatic N) is 3. The number of hydrazone groups is 1. The van der Waals surface area contributed by atoms with Gasteiger partial charge >= 0.3 is 0 Å². The van der Waals surface area contributed by atoms with Crippen molar-refractivity contribution in [3.8, 4) is 5.75 Å². The van der Waals surface area contributed by atoms with Crippen LogP contribution in [0.25, 0.3) is 0 Å². The summed E-state index contributed by atoms with van der Waals surface area (Å²) in [7, 11) is 0. The Morgan fingerprint density at radius 2 is 1.74 bits per heavy atom. The van der Waals surface area contributed by atoms with Crippen molar-refractivity contribution in [2.45, 2.75) is 6.54 Å². The summed E-state index contributed by atoms with van der Waals surface area (Å²) in [6, 6.07) is 14.7. The Hall–Kier alpha value is -2.41. The van der Waals surface area contributed by atoms with Gasteiger partial charge in [0.25, 0.3) is 5.91 Å². The molecule has 0 saturated carbocycles. The van der Waals surface area contributed by atoms with Crippen LogP contribution in [0.15, 0.2) is 53.6 Å². The van der Waals surface area contributed by atoms with E-state index in [4.69, 9.17) is 11.6 Å². The Morgan fingerprint density at radius 3 is 2.48 bits per heavy atom. The fourth-order valence-corrected chi connectivity index (χ4v) is 3.18. The van der Waals surface area contributed by atoms with Crippen molar-refractivity contribution in [3.05, 3.63) is 64.7 Å². The Bertz CT molecular complexity index is 804. The monoisotopic (exact) mass is 386 g/mol. The summed E-state index contributed by atoms with van der Waals surface area (Å²) < 4.78 is 0. The maximum absolute atomic E-state index is 12.0. The molecule has 0 aromatic heterocycles. The average Bonchev–Trinajstić information content (AvgIpc) is 2.67. The molecule has 0 unspecified atom stereocenters. The molecule has 1 aliphatic heterocycles. The quantitative estimate of drug-likeness (QED) is 0.590. The molecule has 27 heavy (non-hydrogen) atoms. The van der Waals surface area contributed by atoms with Gasteiger partial charge in [-0.3, -0.25) is 14.6 Å². The number of nitrogens with one attached hydrogen (secondary N) is 1. The van der Waals surface area contributed by atoms with Crippen LogP contribution in [0.1, 0.15) is 11.1 Å². The standard InChI is InChI=1S/C20H23ClN4O2/c21-18-7-3-1-6-17(18)14-24-9-11-25(12-10-24)15-20(27)23-22-13-16-5-2-4-8-19(16)26/h1-8,13,26H,9-12,14-15H2,(H,23,27). The number of phenolic OH excluding ortho intramolecular Hbond substituents is 1. The van der Waals surface area contributed by atoms with Gasteiger partial charge < -0.3 is 5.11 Å². The molecule has 6 nitrogen and oxygen atoms in total. The number of piperazine rings is 1. The summed E-state index contributed by atoms with van der Waals surface area (Å²) in [4.78, 5) is 16.5. The van der Waals surface area contributed by atoms with Crippen molar-refractivity contribution in [3.63, 3.8) is 0 Å². The highest BCUT2D eigenvalue weighted by Gasteiger charge is 2.19. The maximum Gasteiger partial charge on any atom is 0.254 e. The lowest BCUT2D eigenvalue weighted by molar-refractivity contribution is -0.122. The first kappa shape index (κ1) is 19.4. The Balaban J connectivity index is 1.40. The van der Waals surface area contributed by atoms with Gasteiger partial charge in [0, 0.05) is 43.3 Å². The topological polar surface area (TPSA) is 68.2 Å². The molecule has 1 fully saturated rings. The molecule has 1 heterocycles. The minimum atomic E-state index is -0.166. The zero-order valence-electron chi connectivity index (χ0n) is 15.0. The summed E-state index contributed by atoms with van der Waals surface area (Å²) in [5.41, 5.74) is 4.20. The van der Waals surface area contributed by atoms with Gasteiger partial charge in [0.05, 0.1) is 12.8 Å². The van der Waals surface area contributed by atoms with Gasteiger partial charge in [-0.15, -0.1) is 0 Å². The zero-order chi connectivity index (χ0) is 19.1. The Morgan fingerprint density at radius 1 is 1.07 bits per heavy atom. The summed E-state index contributed by atoms with van der Waals surface area (Å²) in [5.74, 6) is -0.0358. The third-order valence-electron chi connectivity index (χ3n) is 4.51. The molecule has 1 aliphatic rings. The fraction of sp³-hybridized carbons (Fsp3) is 0.300. The number of hydrogen-bond acceptors (Lipinski definition) is 5. The largest absolute Gasteiger partial charge is 0.507 e. The number of aromatic hydroxyl groups is 1. The first-order chi connectivity index (χ1) is 13.1. The van der Waals surface area contributed by atoms with Gasteiger partial charge in [0.2, 0.25) is 0 Å². The molecular weight excluding hydrogens is 364 g/mol. The molecule has 1 amide bonds. The Kier molecular flexibility index (Phi) is 6.81. The molecule has 1 saturated heterocycles. The molecule has 3 rings (SSSR count). The smallest absolute Gasteiger partial charge is 0.254 e. The van der Waals surface area contributed by atoms with Crippen molar-refractivity contribution in [2.75, 3.05) is 32.7 Å². The average molecular weight is 387 g/mol. The van der Waals surface area contributed by atoms with E-state index in [9.17, 15) is 9.90 Å². The van der Waals surface area contributed by atoms with Gasteiger partial charge in [0.1, 0.15) is 5.75 Å². The Labute approximate surface area is 164 Å². The van der Waals surface area contributed by atoms with E-state index in [0.29, 0.717) is 12.1 Å². The number of phenols is 1. The molecule has 0 spiro atoms. The van der Waals surface area contributed by atoms with E-state index >= 15 is 0 Å². The van der Waals surface area contributed by atoms with Crippen LogP contribution in [-0.4, -0.2) is 59.8 Å². The number of carbonyl (C=O) groups is 1. The van der Waals surface area contributed by atoms with Crippen LogP contribution in [0, 0.1) is 0 Å². The normalized spacial score (nSPS) is 15.9. The predicted molar refractivity (Wildman–Crippen MR) is 107 cm³/mol. The molecule has 0 atom stereocenters. The van der Waals surface area contributed by atoms with E-state index in [-0.39, 0.29) is 11.7 Å². The summed E-state index contributed by atoms with van der Waals surface area (Å²) >= 11 is 6.22. The number of carbonyl (C=O) groups excluding carboxylic acids is 1. The lowest BCUT2D eigenvalue weighted by Crippen LogP contribution is -2.48. The maximum atomic E-state index is 12.0. The minimum Gasteiger partial charge on any atom is -0.507 e.